The van der Waals surface area contributed by atoms with Crippen LogP contribution in [0.15, 0.2) is 35.4 Å². The Morgan fingerprint density at radius 1 is 1.38 bits per heavy atom. The first-order valence-corrected chi connectivity index (χ1v) is 7.53. The molecule has 1 aromatic carbocycles. The van der Waals surface area contributed by atoms with Crippen LogP contribution in [0.2, 0.25) is 0 Å². The van der Waals surface area contributed by atoms with Gasteiger partial charge in [-0.2, -0.15) is 28.4 Å². The molecule has 0 aliphatic carbocycles. The van der Waals surface area contributed by atoms with Gasteiger partial charge in [-0.15, -0.1) is 0 Å². The lowest BCUT2D eigenvalue weighted by Gasteiger charge is -2.32. The largest absolute Gasteiger partial charge is 0.497 e. The minimum Gasteiger partial charge on any atom is -0.497 e. The topological polar surface area (TPSA) is 90.8 Å². The summed E-state index contributed by atoms with van der Waals surface area (Å²) >= 11 is 0. The molecule has 1 aliphatic rings. The highest BCUT2D eigenvalue weighted by atomic mass is 19.4. The van der Waals surface area contributed by atoms with Crippen molar-refractivity contribution in [2.45, 2.75) is 25.2 Å². The minimum atomic E-state index is -5.06. The number of carbonyl (C=O) groups excluding carboxylic acids is 1. The fraction of sp³-hybridized carbons (Fsp3) is 0.312. The highest BCUT2D eigenvalue weighted by Gasteiger charge is 2.62. The summed E-state index contributed by atoms with van der Waals surface area (Å²) in [5.74, 6) is -0.576. The number of hydrogen-bond donors (Lipinski definition) is 2. The van der Waals surface area contributed by atoms with Crippen molar-refractivity contribution >= 4 is 11.6 Å². The van der Waals surface area contributed by atoms with E-state index >= 15 is 0 Å². The summed E-state index contributed by atoms with van der Waals surface area (Å²) in [5.41, 5.74) is -2.68. The Kier molecular flexibility index (Phi) is 4.23. The molecule has 0 saturated heterocycles. The van der Waals surface area contributed by atoms with E-state index in [9.17, 15) is 23.1 Å². The van der Waals surface area contributed by atoms with Crippen molar-refractivity contribution in [1.82, 2.24) is 15.2 Å². The second-order valence-corrected chi connectivity index (χ2v) is 5.84. The van der Waals surface area contributed by atoms with E-state index in [1.807, 2.05) is 0 Å². The van der Waals surface area contributed by atoms with Crippen molar-refractivity contribution in [2.75, 3.05) is 7.11 Å². The molecule has 138 valence electrons. The van der Waals surface area contributed by atoms with Crippen LogP contribution >= 0.6 is 0 Å². The fourth-order valence-corrected chi connectivity index (χ4v) is 2.63. The van der Waals surface area contributed by atoms with E-state index in [2.05, 4.69) is 15.3 Å². The first kappa shape index (κ1) is 17.9. The molecule has 3 rings (SSSR count). The van der Waals surface area contributed by atoms with Crippen LogP contribution in [-0.4, -0.2) is 50.9 Å². The van der Waals surface area contributed by atoms with Gasteiger partial charge in [-0.25, -0.2) is 0 Å². The molecule has 0 fully saturated rings. The van der Waals surface area contributed by atoms with Crippen LogP contribution in [0.3, 0.4) is 0 Å². The average Bonchev–Trinajstić information content (AvgIpc) is 3.19. The smallest absolute Gasteiger partial charge is 0.438 e. The lowest BCUT2D eigenvalue weighted by atomic mass is 10.1. The first-order valence-electron chi connectivity index (χ1n) is 7.53. The number of benzene rings is 1. The van der Waals surface area contributed by atoms with Gasteiger partial charge in [0.15, 0.2) is 0 Å². The zero-order valence-corrected chi connectivity index (χ0v) is 13.8. The second-order valence-electron chi connectivity index (χ2n) is 5.84. The van der Waals surface area contributed by atoms with Crippen molar-refractivity contribution in [3.05, 3.63) is 36.0 Å². The number of alkyl halides is 3. The Morgan fingerprint density at radius 3 is 2.77 bits per heavy atom. The van der Waals surface area contributed by atoms with E-state index in [1.54, 1.807) is 24.3 Å². The first-order chi connectivity index (χ1) is 12.2. The number of H-pyrrole nitrogens is 1. The van der Waals surface area contributed by atoms with Crippen molar-refractivity contribution in [3.8, 4) is 17.0 Å². The summed E-state index contributed by atoms with van der Waals surface area (Å²) < 4.78 is 44.8. The highest BCUT2D eigenvalue weighted by molar-refractivity contribution is 5.97. The monoisotopic (exact) mass is 368 g/mol. The predicted molar refractivity (Wildman–Crippen MR) is 85.5 cm³/mol. The molecule has 1 amide bonds. The lowest BCUT2D eigenvalue weighted by Crippen LogP contribution is -2.56. The molecule has 1 aromatic heterocycles. The number of nitrogens with one attached hydrogen (secondary N) is 1. The molecular formula is C16H15F3N4O3. The molecule has 1 atom stereocenters. The maximum atomic E-state index is 13.2. The molecule has 0 radical (unpaired) electrons. The predicted octanol–water partition coefficient (Wildman–Crippen LogP) is 2.56. The molecule has 0 spiro atoms. The molecule has 0 saturated carbocycles. The molecule has 0 bridgehead atoms. The van der Waals surface area contributed by atoms with Crippen molar-refractivity contribution in [1.29, 1.82) is 0 Å². The number of aliphatic hydroxyl groups is 1. The summed E-state index contributed by atoms with van der Waals surface area (Å²) in [5, 5.41) is 19.9. The third-order valence-electron chi connectivity index (χ3n) is 3.94. The standard InChI is InChI=1S/C16H15F3N4O3/c1-9-8-15(25,16(17,18)19)23(22-9)14(24)13-7-12(20-21-13)10-4-3-5-11(6-10)26-2/h3-7,25H,8H2,1-2H3,(H,20,21)/t15-/m1/s1. The molecule has 10 heteroatoms. The Hall–Kier alpha value is -2.88. The third-order valence-corrected chi connectivity index (χ3v) is 3.94. The molecule has 2 aromatic rings. The number of carbonyl (C=O) groups is 1. The van der Waals surface area contributed by atoms with E-state index in [0.717, 1.165) is 0 Å². The van der Waals surface area contributed by atoms with Gasteiger partial charge in [-0.3, -0.25) is 9.89 Å². The SMILES string of the molecule is COc1cccc(-c2cc(C(=O)N3N=C(C)C[C@@]3(O)C(F)(F)F)[nH]n2)c1. The summed E-state index contributed by atoms with van der Waals surface area (Å²) in [6, 6.07) is 8.08. The summed E-state index contributed by atoms with van der Waals surface area (Å²) in [4.78, 5) is 12.5. The number of hydrogen-bond acceptors (Lipinski definition) is 5. The third kappa shape index (κ3) is 2.92. The minimum absolute atomic E-state index is 0.00860. The quantitative estimate of drug-likeness (QED) is 0.871. The van der Waals surface area contributed by atoms with Crippen LogP contribution in [0.5, 0.6) is 5.75 Å². The number of halogens is 3. The molecule has 0 unspecified atom stereocenters. The number of hydrazone groups is 1. The Labute approximate surface area is 146 Å². The van der Waals surface area contributed by atoms with Gasteiger partial charge in [0.2, 0.25) is 0 Å². The summed E-state index contributed by atoms with van der Waals surface area (Å²) in [7, 11) is 1.49. The molecule has 2 heterocycles. The van der Waals surface area contributed by atoms with Gasteiger partial charge in [0.05, 0.1) is 12.8 Å². The van der Waals surface area contributed by atoms with Gasteiger partial charge in [-0.1, -0.05) is 12.1 Å². The number of ether oxygens (including phenoxy) is 1. The van der Waals surface area contributed by atoms with E-state index < -0.39 is 24.2 Å². The number of aromatic nitrogens is 2. The number of aromatic amines is 1. The Bertz CT molecular complexity index is 878. The zero-order chi connectivity index (χ0) is 19.1. The molecule has 1 aliphatic heterocycles. The molecular weight excluding hydrogens is 353 g/mol. The number of nitrogens with zero attached hydrogens (tertiary/aromatic N) is 3. The van der Waals surface area contributed by atoms with Crippen LogP contribution in [0.25, 0.3) is 11.3 Å². The van der Waals surface area contributed by atoms with Gasteiger partial charge in [0.25, 0.3) is 11.6 Å². The zero-order valence-electron chi connectivity index (χ0n) is 13.8. The highest BCUT2D eigenvalue weighted by Crippen LogP contribution is 2.40. The van der Waals surface area contributed by atoms with Crippen LogP contribution < -0.4 is 4.74 Å². The van der Waals surface area contributed by atoms with Crippen molar-refractivity contribution in [2.24, 2.45) is 5.10 Å². The van der Waals surface area contributed by atoms with Crippen LogP contribution in [-0.2, 0) is 0 Å². The maximum Gasteiger partial charge on any atom is 0.438 e. The van der Waals surface area contributed by atoms with Crippen LogP contribution in [0.1, 0.15) is 23.8 Å². The molecule has 2 N–H and O–H groups in total. The van der Waals surface area contributed by atoms with Gasteiger partial charge < -0.3 is 9.84 Å². The molecule has 26 heavy (non-hydrogen) atoms. The van der Waals surface area contributed by atoms with Crippen LogP contribution in [0, 0.1) is 0 Å². The molecule has 7 nitrogen and oxygen atoms in total. The number of rotatable bonds is 3. The van der Waals surface area contributed by atoms with Gasteiger partial charge in [0.1, 0.15) is 11.4 Å². The average molecular weight is 368 g/mol. The van der Waals surface area contributed by atoms with Crippen molar-refractivity contribution in [3.63, 3.8) is 0 Å². The van der Waals surface area contributed by atoms with Gasteiger partial charge >= 0.3 is 6.18 Å². The second kappa shape index (κ2) is 6.13. The summed E-state index contributed by atoms with van der Waals surface area (Å²) in [6.07, 6.45) is -5.86. The Morgan fingerprint density at radius 2 is 2.12 bits per heavy atom. The van der Waals surface area contributed by atoms with Crippen molar-refractivity contribution < 1.29 is 27.8 Å². The maximum absolute atomic E-state index is 13.2. The normalized spacial score (nSPS) is 20.2. The van der Waals surface area contributed by atoms with Gasteiger partial charge in [0, 0.05) is 17.7 Å². The fourth-order valence-electron chi connectivity index (χ4n) is 2.63. The summed E-state index contributed by atoms with van der Waals surface area (Å²) in [6.45, 7) is 1.30. The van der Waals surface area contributed by atoms with Crippen LogP contribution in [0.4, 0.5) is 13.2 Å². The number of methoxy groups -OCH3 is 1. The van der Waals surface area contributed by atoms with E-state index in [1.165, 1.54) is 20.1 Å². The van der Waals surface area contributed by atoms with E-state index in [0.29, 0.717) is 17.0 Å². The Balaban J connectivity index is 1.92. The van der Waals surface area contributed by atoms with E-state index in [4.69, 9.17) is 4.74 Å². The number of amides is 1. The van der Waals surface area contributed by atoms with Gasteiger partial charge in [-0.05, 0) is 25.1 Å². The van der Waals surface area contributed by atoms with E-state index in [-0.39, 0.29) is 16.4 Å². The lowest BCUT2D eigenvalue weighted by molar-refractivity contribution is -0.297.